The topological polar surface area (TPSA) is 47.7 Å². The van der Waals surface area contributed by atoms with Gasteiger partial charge in [0, 0.05) is 25.2 Å². The molecular formula is C17H22N2O2. The molecule has 2 aliphatic rings. The average molecular weight is 286 g/mol. The largest absolute Gasteiger partial charge is 0.497 e. The average Bonchev–Trinajstić information content (AvgIpc) is 2.84. The fraction of sp³-hybridized carbons (Fsp3) is 0.529. The predicted octanol–water partition coefficient (Wildman–Crippen LogP) is 1.37. The van der Waals surface area contributed by atoms with E-state index in [9.17, 15) is 0 Å². The van der Waals surface area contributed by atoms with Gasteiger partial charge in [-0.15, -0.1) is 0 Å². The van der Waals surface area contributed by atoms with E-state index >= 15 is 0 Å². The van der Waals surface area contributed by atoms with Crippen LogP contribution in [0.1, 0.15) is 24.0 Å². The van der Waals surface area contributed by atoms with Crippen LogP contribution in [0, 0.1) is 11.8 Å². The molecule has 2 fully saturated rings. The maximum Gasteiger partial charge on any atom is 0.119 e. The smallest absolute Gasteiger partial charge is 0.119 e. The van der Waals surface area contributed by atoms with E-state index in [1.54, 1.807) is 7.11 Å². The molecule has 1 aromatic rings. The summed E-state index contributed by atoms with van der Waals surface area (Å²) in [5.74, 6) is 6.98. The van der Waals surface area contributed by atoms with E-state index in [2.05, 4.69) is 22.8 Å². The summed E-state index contributed by atoms with van der Waals surface area (Å²) in [4.78, 5) is 2.47. The monoisotopic (exact) mass is 286 g/mol. The molecule has 0 spiro atoms. The molecule has 4 heteroatoms. The first-order valence-electron chi connectivity index (χ1n) is 7.52. The molecule has 3 rings (SSSR count). The number of hydrogen-bond donors (Lipinski definition) is 1. The van der Waals surface area contributed by atoms with Gasteiger partial charge in [0.1, 0.15) is 5.75 Å². The van der Waals surface area contributed by atoms with Crippen LogP contribution in [-0.2, 0) is 11.3 Å². The maximum atomic E-state index is 5.89. The van der Waals surface area contributed by atoms with Gasteiger partial charge in [-0.3, -0.25) is 4.90 Å². The highest BCUT2D eigenvalue weighted by molar-refractivity contribution is 5.45. The predicted molar refractivity (Wildman–Crippen MR) is 82.1 cm³/mol. The molecule has 0 amide bonds. The van der Waals surface area contributed by atoms with Gasteiger partial charge < -0.3 is 15.2 Å². The fourth-order valence-electron chi connectivity index (χ4n) is 3.17. The van der Waals surface area contributed by atoms with E-state index in [4.69, 9.17) is 15.2 Å². The van der Waals surface area contributed by atoms with Crippen LogP contribution in [0.3, 0.4) is 0 Å². The minimum Gasteiger partial charge on any atom is -0.497 e. The molecular weight excluding hydrogens is 264 g/mol. The number of rotatable bonds is 3. The molecule has 0 radical (unpaired) electrons. The molecule has 1 aromatic carbocycles. The Morgan fingerprint density at radius 2 is 2.10 bits per heavy atom. The van der Waals surface area contributed by atoms with Gasteiger partial charge in [-0.05, 0) is 36.6 Å². The third-order valence-corrected chi connectivity index (χ3v) is 4.15. The number of fused-ring (bicyclic) bond motifs is 2. The second-order valence-corrected chi connectivity index (χ2v) is 5.68. The molecule has 2 aliphatic heterocycles. The number of benzene rings is 1. The first-order valence-corrected chi connectivity index (χ1v) is 7.52. The van der Waals surface area contributed by atoms with Gasteiger partial charge >= 0.3 is 0 Å². The van der Waals surface area contributed by atoms with Crippen LogP contribution in [0.4, 0.5) is 0 Å². The fourth-order valence-corrected chi connectivity index (χ4v) is 3.17. The Hall–Kier alpha value is -1.54. The third-order valence-electron chi connectivity index (χ3n) is 4.15. The normalized spacial score (nSPS) is 24.5. The van der Waals surface area contributed by atoms with Crippen molar-refractivity contribution in [3.05, 3.63) is 29.3 Å². The summed E-state index contributed by atoms with van der Waals surface area (Å²) in [7, 11) is 1.69. The van der Waals surface area contributed by atoms with Crippen molar-refractivity contribution in [3.63, 3.8) is 0 Å². The molecule has 0 aliphatic carbocycles. The summed E-state index contributed by atoms with van der Waals surface area (Å²) in [5.41, 5.74) is 7.73. The number of nitrogens with two attached hydrogens (primary N) is 1. The van der Waals surface area contributed by atoms with Crippen molar-refractivity contribution in [3.8, 4) is 17.6 Å². The number of methoxy groups -OCH3 is 1. The van der Waals surface area contributed by atoms with E-state index in [0.29, 0.717) is 18.8 Å². The molecule has 2 heterocycles. The Morgan fingerprint density at radius 3 is 2.76 bits per heavy atom. The van der Waals surface area contributed by atoms with Crippen molar-refractivity contribution in [1.29, 1.82) is 0 Å². The van der Waals surface area contributed by atoms with E-state index in [0.717, 1.165) is 30.9 Å². The van der Waals surface area contributed by atoms with Crippen molar-refractivity contribution in [2.75, 3.05) is 26.7 Å². The first kappa shape index (κ1) is 14.4. The molecule has 2 atom stereocenters. The Labute approximate surface area is 126 Å². The molecule has 112 valence electrons. The lowest BCUT2D eigenvalue weighted by Crippen LogP contribution is -2.42. The Kier molecular flexibility index (Phi) is 4.45. The Bertz CT molecular complexity index is 550. The lowest BCUT2D eigenvalue weighted by atomic mass is 10.1. The van der Waals surface area contributed by atoms with Gasteiger partial charge in [0.25, 0.3) is 0 Å². The zero-order chi connectivity index (χ0) is 14.7. The van der Waals surface area contributed by atoms with Crippen molar-refractivity contribution in [1.82, 2.24) is 4.90 Å². The van der Waals surface area contributed by atoms with Crippen molar-refractivity contribution in [2.45, 2.75) is 31.6 Å². The molecule has 2 N–H and O–H groups in total. The van der Waals surface area contributed by atoms with Crippen LogP contribution < -0.4 is 10.5 Å². The van der Waals surface area contributed by atoms with E-state index < -0.39 is 0 Å². The standard InChI is InChI=1S/C17H22N2O2/c1-20-15-5-4-13(3-2-8-18)14(9-15)10-19-11-16-6-7-17(12-19)21-16/h4-5,9,16-17H,6-8,10-12,18H2,1H3. The lowest BCUT2D eigenvalue weighted by molar-refractivity contribution is -0.0410. The highest BCUT2D eigenvalue weighted by Crippen LogP contribution is 2.28. The summed E-state index contributed by atoms with van der Waals surface area (Å²) in [5, 5.41) is 0. The lowest BCUT2D eigenvalue weighted by Gasteiger charge is -2.32. The molecule has 0 aromatic heterocycles. The number of nitrogens with zero attached hydrogens (tertiary/aromatic N) is 1. The molecule has 4 nitrogen and oxygen atoms in total. The maximum absolute atomic E-state index is 5.89. The summed E-state index contributed by atoms with van der Waals surface area (Å²) < 4.78 is 11.2. The van der Waals surface area contributed by atoms with Crippen LogP contribution in [0.15, 0.2) is 18.2 Å². The van der Waals surface area contributed by atoms with Crippen LogP contribution in [0.2, 0.25) is 0 Å². The van der Waals surface area contributed by atoms with Gasteiger partial charge in [-0.1, -0.05) is 11.8 Å². The summed E-state index contributed by atoms with van der Waals surface area (Å²) in [6.45, 7) is 3.30. The Morgan fingerprint density at radius 1 is 1.33 bits per heavy atom. The number of morpholine rings is 1. The zero-order valence-corrected chi connectivity index (χ0v) is 12.5. The quantitative estimate of drug-likeness (QED) is 0.853. The summed E-state index contributed by atoms with van der Waals surface area (Å²) >= 11 is 0. The van der Waals surface area contributed by atoms with Crippen molar-refractivity contribution < 1.29 is 9.47 Å². The van der Waals surface area contributed by atoms with Crippen LogP contribution in [-0.4, -0.2) is 43.9 Å². The van der Waals surface area contributed by atoms with Gasteiger partial charge in [0.05, 0.1) is 25.9 Å². The van der Waals surface area contributed by atoms with Gasteiger partial charge in [-0.25, -0.2) is 0 Å². The van der Waals surface area contributed by atoms with Crippen molar-refractivity contribution in [2.24, 2.45) is 5.73 Å². The number of ether oxygens (including phenoxy) is 2. The molecule has 0 saturated carbocycles. The summed E-state index contributed by atoms with van der Waals surface area (Å²) in [6.07, 6.45) is 3.21. The minimum atomic E-state index is 0.382. The zero-order valence-electron chi connectivity index (χ0n) is 12.5. The first-order chi connectivity index (χ1) is 10.3. The van der Waals surface area contributed by atoms with Crippen LogP contribution in [0.25, 0.3) is 0 Å². The van der Waals surface area contributed by atoms with Crippen LogP contribution in [0.5, 0.6) is 5.75 Å². The SMILES string of the molecule is COc1ccc(C#CCN)c(CN2CC3CCC(C2)O3)c1. The number of likely N-dealkylation sites (tertiary alicyclic amines) is 1. The van der Waals surface area contributed by atoms with Gasteiger partial charge in [0.2, 0.25) is 0 Å². The molecule has 2 unspecified atom stereocenters. The third kappa shape index (κ3) is 3.38. The highest BCUT2D eigenvalue weighted by atomic mass is 16.5. The Balaban J connectivity index is 1.79. The van der Waals surface area contributed by atoms with Crippen LogP contribution >= 0.6 is 0 Å². The summed E-state index contributed by atoms with van der Waals surface area (Å²) in [6, 6.07) is 6.05. The van der Waals surface area contributed by atoms with Gasteiger partial charge in [0.15, 0.2) is 0 Å². The van der Waals surface area contributed by atoms with Crippen molar-refractivity contribution >= 4 is 0 Å². The number of hydrogen-bond acceptors (Lipinski definition) is 4. The molecule has 2 saturated heterocycles. The van der Waals surface area contributed by atoms with E-state index in [-0.39, 0.29) is 0 Å². The highest BCUT2D eigenvalue weighted by Gasteiger charge is 2.33. The molecule has 21 heavy (non-hydrogen) atoms. The molecule has 2 bridgehead atoms. The van der Waals surface area contributed by atoms with Gasteiger partial charge in [-0.2, -0.15) is 0 Å². The second-order valence-electron chi connectivity index (χ2n) is 5.68. The van der Waals surface area contributed by atoms with E-state index in [1.807, 2.05) is 12.1 Å². The van der Waals surface area contributed by atoms with E-state index in [1.165, 1.54) is 18.4 Å². The second kappa shape index (κ2) is 6.48. The minimum absolute atomic E-state index is 0.382.